The van der Waals surface area contributed by atoms with Crippen LogP contribution in [0.4, 0.5) is 0 Å². The fraction of sp³-hybridized carbons (Fsp3) is 0.0755. The molecule has 2 spiro atoms. The largest absolute Gasteiger partial charge is 0.289 e. The molecule has 2 atom stereocenters. The lowest BCUT2D eigenvalue weighted by atomic mass is 9.69. The van der Waals surface area contributed by atoms with Gasteiger partial charge in [0.1, 0.15) is 0 Å². The van der Waals surface area contributed by atoms with Crippen molar-refractivity contribution in [2.75, 3.05) is 0 Å². The number of benzene rings is 8. The highest BCUT2D eigenvalue weighted by atomic mass is 16.1. The topological polar surface area (TPSA) is 17.1 Å². The van der Waals surface area contributed by atoms with Crippen LogP contribution in [-0.4, -0.2) is 5.78 Å². The van der Waals surface area contributed by atoms with E-state index in [1.807, 2.05) is 0 Å². The lowest BCUT2D eigenvalue weighted by Gasteiger charge is -2.31. The van der Waals surface area contributed by atoms with Crippen molar-refractivity contribution in [3.63, 3.8) is 0 Å². The smallest absolute Gasteiger partial charge is 0.193 e. The average molecular weight is 687 g/mol. The minimum atomic E-state index is -0.501. The Bertz CT molecular complexity index is 2770. The van der Waals surface area contributed by atoms with Crippen molar-refractivity contribution < 1.29 is 4.79 Å². The van der Waals surface area contributed by atoms with E-state index < -0.39 is 10.8 Å². The molecule has 4 aliphatic carbocycles. The van der Waals surface area contributed by atoms with Crippen molar-refractivity contribution in [2.45, 2.75) is 24.7 Å². The first-order chi connectivity index (χ1) is 26.5. The van der Waals surface area contributed by atoms with Crippen LogP contribution >= 0.6 is 0 Å². The monoisotopic (exact) mass is 686 g/mol. The number of fused-ring (bicyclic) bond motifs is 20. The van der Waals surface area contributed by atoms with Crippen molar-refractivity contribution in [2.24, 2.45) is 0 Å². The molecule has 2 unspecified atom stereocenters. The van der Waals surface area contributed by atoms with Gasteiger partial charge in [-0.1, -0.05) is 169 Å². The normalized spacial score (nSPS) is 18.4. The lowest BCUT2D eigenvalue weighted by Crippen LogP contribution is -2.26. The summed E-state index contributed by atoms with van der Waals surface area (Å²) in [5.41, 5.74) is 22.9. The summed E-state index contributed by atoms with van der Waals surface area (Å²) >= 11 is 0. The molecule has 12 rings (SSSR count). The molecule has 8 aromatic rings. The van der Waals surface area contributed by atoms with Crippen molar-refractivity contribution in [3.8, 4) is 44.5 Å². The van der Waals surface area contributed by atoms with Gasteiger partial charge in [0.15, 0.2) is 5.78 Å². The van der Waals surface area contributed by atoms with Crippen LogP contribution < -0.4 is 0 Å². The number of carbonyl (C=O) groups excluding carboxylic acids is 1. The molecule has 4 aliphatic rings. The highest BCUT2D eigenvalue weighted by Crippen LogP contribution is 2.64. The highest BCUT2D eigenvalue weighted by molar-refractivity contribution is 6.11. The Hall–Kier alpha value is -6.57. The predicted octanol–water partition coefficient (Wildman–Crippen LogP) is 12.2. The molecule has 8 aromatic carbocycles. The predicted molar refractivity (Wildman–Crippen MR) is 218 cm³/mol. The van der Waals surface area contributed by atoms with Crippen LogP contribution in [0.3, 0.4) is 0 Å². The second-order valence-corrected chi connectivity index (χ2v) is 15.6. The van der Waals surface area contributed by atoms with E-state index in [-0.39, 0.29) is 5.78 Å². The SMILES string of the molecule is Cc1ccc2c(c1)C1(c3ccccc3-2)c2ccccc2-c2ccc(C(=O)c3ccc4c(c3)C3(c5ccccc5-c5ccc(C)cc53)c3ccccc3-4)cc21. The van der Waals surface area contributed by atoms with E-state index in [0.717, 1.165) is 0 Å². The van der Waals surface area contributed by atoms with Gasteiger partial charge in [-0.05, 0) is 115 Å². The van der Waals surface area contributed by atoms with E-state index in [2.05, 4.69) is 184 Å². The van der Waals surface area contributed by atoms with Crippen molar-refractivity contribution in [1.29, 1.82) is 0 Å². The third-order valence-corrected chi connectivity index (χ3v) is 13.0. The van der Waals surface area contributed by atoms with Crippen molar-refractivity contribution in [1.82, 2.24) is 0 Å². The molecule has 0 radical (unpaired) electrons. The zero-order chi connectivity index (χ0) is 35.9. The van der Waals surface area contributed by atoms with Crippen LogP contribution in [0.1, 0.15) is 71.6 Å². The second kappa shape index (κ2) is 10.3. The summed E-state index contributed by atoms with van der Waals surface area (Å²) in [4.78, 5) is 15.1. The highest BCUT2D eigenvalue weighted by Gasteiger charge is 2.53. The van der Waals surface area contributed by atoms with Gasteiger partial charge in [0.2, 0.25) is 0 Å². The summed E-state index contributed by atoms with van der Waals surface area (Å²) in [7, 11) is 0. The van der Waals surface area contributed by atoms with Gasteiger partial charge in [-0.2, -0.15) is 0 Å². The van der Waals surface area contributed by atoms with E-state index >= 15 is 4.79 Å². The summed E-state index contributed by atoms with van der Waals surface area (Å²) in [6.45, 7) is 4.36. The van der Waals surface area contributed by atoms with E-state index in [4.69, 9.17) is 0 Å². The number of hydrogen-bond acceptors (Lipinski definition) is 1. The fourth-order valence-electron chi connectivity index (χ4n) is 11.0. The summed E-state index contributed by atoms with van der Waals surface area (Å²) in [6, 6.07) is 62.1. The van der Waals surface area contributed by atoms with Crippen LogP contribution in [0.15, 0.2) is 170 Å². The Morgan fingerprint density at radius 2 is 0.593 bits per heavy atom. The molecule has 0 aromatic heterocycles. The van der Waals surface area contributed by atoms with E-state index in [1.165, 1.54) is 100 Å². The zero-order valence-electron chi connectivity index (χ0n) is 30.1. The molecular weight excluding hydrogens is 653 g/mol. The average Bonchev–Trinajstić information content (AvgIpc) is 3.88. The van der Waals surface area contributed by atoms with Crippen molar-refractivity contribution in [3.05, 3.63) is 237 Å². The van der Waals surface area contributed by atoms with E-state index in [9.17, 15) is 0 Å². The maximum atomic E-state index is 15.1. The van der Waals surface area contributed by atoms with Gasteiger partial charge in [0.25, 0.3) is 0 Å². The van der Waals surface area contributed by atoms with E-state index in [0.29, 0.717) is 11.1 Å². The van der Waals surface area contributed by atoms with Crippen LogP contribution in [0.5, 0.6) is 0 Å². The number of rotatable bonds is 2. The van der Waals surface area contributed by atoms with Crippen LogP contribution in [-0.2, 0) is 10.8 Å². The molecule has 0 amide bonds. The Morgan fingerprint density at radius 3 is 0.944 bits per heavy atom. The molecule has 0 fully saturated rings. The molecule has 54 heavy (non-hydrogen) atoms. The molecule has 252 valence electrons. The van der Waals surface area contributed by atoms with Gasteiger partial charge >= 0.3 is 0 Å². The lowest BCUT2D eigenvalue weighted by molar-refractivity contribution is 0.103. The van der Waals surface area contributed by atoms with Gasteiger partial charge < -0.3 is 0 Å². The Labute approximate surface area is 315 Å². The van der Waals surface area contributed by atoms with Crippen LogP contribution in [0.25, 0.3) is 44.5 Å². The zero-order valence-corrected chi connectivity index (χ0v) is 30.1. The maximum Gasteiger partial charge on any atom is 0.193 e. The Balaban J connectivity index is 1.08. The summed E-state index contributed by atoms with van der Waals surface area (Å²) in [5, 5.41) is 0. The van der Waals surface area contributed by atoms with Gasteiger partial charge in [-0.15, -0.1) is 0 Å². The maximum absolute atomic E-state index is 15.1. The van der Waals surface area contributed by atoms with Crippen molar-refractivity contribution >= 4 is 5.78 Å². The molecule has 0 saturated heterocycles. The summed E-state index contributed by atoms with van der Waals surface area (Å²) in [6.07, 6.45) is 0. The third-order valence-electron chi connectivity index (χ3n) is 13.0. The first-order valence-corrected chi connectivity index (χ1v) is 19.0. The molecule has 0 N–H and O–H groups in total. The molecule has 0 saturated carbocycles. The third kappa shape index (κ3) is 3.44. The second-order valence-electron chi connectivity index (χ2n) is 15.6. The van der Waals surface area contributed by atoms with Gasteiger partial charge in [0.05, 0.1) is 10.8 Å². The van der Waals surface area contributed by atoms with Crippen LogP contribution in [0, 0.1) is 13.8 Å². The molecule has 0 heterocycles. The Morgan fingerprint density at radius 1 is 0.315 bits per heavy atom. The number of carbonyl (C=O) groups is 1. The molecule has 0 aliphatic heterocycles. The Kier molecular flexibility index (Phi) is 5.72. The quantitative estimate of drug-likeness (QED) is 0.165. The first kappa shape index (κ1) is 29.9. The first-order valence-electron chi connectivity index (χ1n) is 19.0. The number of hydrogen-bond donors (Lipinski definition) is 0. The number of aryl methyl sites for hydroxylation is 2. The minimum Gasteiger partial charge on any atom is -0.289 e. The summed E-state index contributed by atoms with van der Waals surface area (Å²) < 4.78 is 0. The molecule has 1 nitrogen and oxygen atoms in total. The molecular formula is C53H34O. The van der Waals surface area contributed by atoms with Gasteiger partial charge in [-0.3, -0.25) is 4.79 Å². The molecule has 0 bridgehead atoms. The summed E-state index contributed by atoms with van der Waals surface area (Å²) in [5.74, 6) is 0.0457. The van der Waals surface area contributed by atoms with Gasteiger partial charge in [0, 0.05) is 11.1 Å². The minimum absolute atomic E-state index is 0.0457. The van der Waals surface area contributed by atoms with Crippen LogP contribution in [0.2, 0.25) is 0 Å². The van der Waals surface area contributed by atoms with E-state index in [1.54, 1.807) is 0 Å². The number of ketones is 1. The molecule has 1 heteroatoms. The van der Waals surface area contributed by atoms with Gasteiger partial charge in [-0.25, -0.2) is 0 Å². The fourth-order valence-corrected chi connectivity index (χ4v) is 11.0. The standard InChI is InChI=1S/C53H34O/c1-31-19-23-39-35-11-3-7-15-43(35)52(47(39)27-31)45-17-9-5-13-37(45)41-25-21-33(29-49(41)52)51(54)34-22-26-42-38-14-6-10-18-46(38)53(50(42)30-34)44-16-8-4-12-36(44)40-24-20-32(2)28-48(40)53/h3-30H,1-2H3.